The molecule has 1 heterocycles. The van der Waals surface area contributed by atoms with Crippen LogP contribution in [0.2, 0.25) is 0 Å². The molecule has 0 saturated heterocycles. The van der Waals surface area contributed by atoms with Crippen molar-refractivity contribution >= 4 is 23.4 Å². The largest absolute Gasteiger partial charge is 0.350 e. The number of nitrogens with one attached hydrogen (secondary N) is 1. The molecule has 2 aromatic carbocycles. The van der Waals surface area contributed by atoms with Crippen molar-refractivity contribution in [2.75, 3.05) is 18.5 Å². The van der Waals surface area contributed by atoms with E-state index in [-0.39, 0.29) is 29.8 Å². The highest BCUT2D eigenvalue weighted by Crippen LogP contribution is 2.26. The first-order chi connectivity index (χ1) is 13.6. The third-order valence-corrected chi connectivity index (χ3v) is 4.82. The minimum absolute atomic E-state index is 0.0920. The van der Waals surface area contributed by atoms with E-state index in [2.05, 4.69) is 5.32 Å². The fraction of sp³-hybridized carbons (Fsp3) is 0.348. The SMILES string of the molecule is Cc1ccc(N2C(=O)c3ccccc3C(=O)N(C)CC2C(=O)NC(C)(C)C)cc1. The van der Waals surface area contributed by atoms with Gasteiger partial charge in [0, 0.05) is 18.3 Å². The molecule has 0 bridgehead atoms. The molecule has 0 aromatic heterocycles. The van der Waals surface area contributed by atoms with Gasteiger partial charge in [-0.3, -0.25) is 19.3 Å². The van der Waals surface area contributed by atoms with Crippen LogP contribution >= 0.6 is 0 Å². The smallest absolute Gasteiger partial charge is 0.259 e. The number of rotatable bonds is 2. The number of carbonyl (C=O) groups excluding carboxylic acids is 3. The molecule has 3 rings (SSSR count). The lowest BCUT2D eigenvalue weighted by molar-refractivity contribution is -0.124. The van der Waals surface area contributed by atoms with Crippen molar-refractivity contribution in [1.29, 1.82) is 0 Å². The Balaban J connectivity index is 2.17. The van der Waals surface area contributed by atoms with E-state index in [9.17, 15) is 14.4 Å². The topological polar surface area (TPSA) is 69.7 Å². The van der Waals surface area contributed by atoms with Crippen molar-refractivity contribution in [1.82, 2.24) is 10.2 Å². The summed E-state index contributed by atoms with van der Waals surface area (Å²) in [5, 5.41) is 2.96. The first-order valence-electron chi connectivity index (χ1n) is 9.65. The summed E-state index contributed by atoms with van der Waals surface area (Å²) in [6, 6.07) is 13.4. The fourth-order valence-corrected chi connectivity index (χ4v) is 3.41. The lowest BCUT2D eigenvalue weighted by atomic mass is 9.99. The molecular formula is C23H27N3O3. The molecule has 0 radical (unpaired) electrons. The van der Waals surface area contributed by atoms with Crippen LogP contribution in [0.25, 0.3) is 0 Å². The Labute approximate surface area is 171 Å². The Morgan fingerprint density at radius 2 is 1.52 bits per heavy atom. The molecule has 0 fully saturated rings. The van der Waals surface area contributed by atoms with Crippen molar-refractivity contribution in [3.63, 3.8) is 0 Å². The van der Waals surface area contributed by atoms with E-state index in [1.807, 2.05) is 52.0 Å². The Bertz CT molecular complexity index is 945. The van der Waals surface area contributed by atoms with Gasteiger partial charge in [-0.1, -0.05) is 29.8 Å². The number of carbonyl (C=O) groups is 3. The van der Waals surface area contributed by atoms with Crippen LogP contribution in [0.5, 0.6) is 0 Å². The standard InChI is InChI=1S/C23H27N3O3/c1-15-10-12-16(13-11-15)26-19(20(27)24-23(2,3)4)14-25(5)21(28)17-8-6-7-9-18(17)22(26)29/h6-13,19H,14H2,1-5H3,(H,24,27). The van der Waals surface area contributed by atoms with E-state index in [0.29, 0.717) is 11.3 Å². The summed E-state index contributed by atoms with van der Waals surface area (Å²) in [7, 11) is 1.65. The molecule has 1 atom stereocenters. The highest BCUT2D eigenvalue weighted by Gasteiger charge is 2.38. The van der Waals surface area contributed by atoms with Crippen LogP contribution in [0.1, 0.15) is 47.1 Å². The Morgan fingerprint density at radius 3 is 2.07 bits per heavy atom. The van der Waals surface area contributed by atoms with E-state index >= 15 is 0 Å². The molecule has 1 N–H and O–H groups in total. The predicted octanol–water partition coefficient (Wildman–Crippen LogP) is 3.01. The fourth-order valence-electron chi connectivity index (χ4n) is 3.41. The second kappa shape index (κ2) is 7.70. The molecule has 0 spiro atoms. The Morgan fingerprint density at radius 1 is 0.966 bits per heavy atom. The van der Waals surface area contributed by atoms with E-state index in [1.165, 1.54) is 9.80 Å². The Hall–Kier alpha value is -3.15. The normalized spacial score (nSPS) is 17.5. The van der Waals surface area contributed by atoms with Gasteiger partial charge >= 0.3 is 0 Å². The molecule has 152 valence electrons. The zero-order valence-corrected chi connectivity index (χ0v) is 17.5. The summed E-state index contributed by atoms with van der Waals surface area (Å²) in [6.07, 6.45) is 0. The lowest BCUT2D eigenvalue weighted by Gasteiger charge is -2.37. The van der Waals surface area contributed by atoms with Crippen LogP contribution in [0, 0.1) is 6.92 Å². The molecule has 6 heteroatoms. The molecule has 6 nitrogen and oxygen atoms in total. The molecule has 1 aliphatic heterocycles. The minimum Gasteiger partial charge on any atom is -0.350 e. The lowest BCUT2D eigenvalue weighted by Crippen LogP contribution is -2.59. The minimum atomic E-state index is -0.855. The van der Waals surface area contributed by atoms with Crippen molar-refractivity contribution in [2.45, 2.75) is 39.3 Å². The highest BCUT2D eigenvalue weighted by atomic mass is 16.2. The maximum atomic E-state index is 13.6. The van der Waals surface area contributed by atoms with Crippen LogP contribution in [0.3, 0.4) is 0 Å². The number of aryl methyl sites for hydroxylation is 1. The van der Waals surface area contributed by atoms with E-state index < -0.39 is 11.6 Å². The maximum absolute atomic E-state index is 13.6. The second-order valence-corrected chi connectivity index (χ2v) is 8.50. The van der Waals surface area contributed by atoms with E-state index in [4.69, 9.17) is 0 Å². The molecule has 2 aromatic rings. The average molecular weight is 393 g/mol. The molecule has 0 saturated carbocycles. The van der Waals surface area contributed by atoms with Gasteiger partial charge in [0.2, 0.25) is 5.91 Å². The van der Waals surface area contributed by atoms with Crippen LogP contribution in [-0.4, -0.2) is 47.8 Å². The number of nitrogens with zero attached hydrogens (tertiary/aromatic N) is 2. The zero-order chi connectivity index (χ0) is 21.3. The molecule has 1 unspecified atom stereocenters. The first-order valence-corrected chi connectivity index (χ1v) is 9.65. The molecule has 3 amide bonds. The number of anilines is 1. The van der Waals surface area contributed by atoms with E-state index in [1.54, 1.807) is 31.3 Å². The van der Waals surface area contributed by atoms with Gasteiger partial charge in [0.1, 0.15) is 6.04 Å². The van der Waals surface area contributed by atoms with Gasteiger partial charge < -0.3 is 10.2 Å². The number of hydrogen-bond donors (Lipinski definition) is 1. The molecule has 0 aliphatic carbocycles. The molecule has 1 aliphatic rings. The zero-order valence-electron chi connectivity index (χ0n) is 17.5. The monoisotopic (exact) mass is 393 g/mol. The number of amides is 3. The van der Waals surface area contributed by atoms with E-state index in [0.717, 1.165) is 5.56 Å². The second-order valence-electron chi connectivity index (χ2n) is 8.50. The van der Waals surface area contributed by atoms with Crippen LogP contribution in [0.15, 0.2) is 48.5 Å². The van der Waals surface area contributed by atoms with Gasteiger partial charge in [-0.2, -0.15) is 0 Å². The number of benzene rings is 2. The quantitative estimate of drug-likeness (QED) is 0.853. The van der Waals surface area contributed by atoms with Gasteiger partial charge in [-0.15, -0.1) is 0 Å². The average Bonchev–Trinajstić information content (AvgIpc) is 2.66. The third kappa shape index (κ3) is 4.31. The van der Waals surface area contributed by atoms with Crippen molar-refractivity contribution < 1.29 is 14.4 Å². The number of fused-ring (bicyclic) bond motifs is 1. The van der Waals surface area contributed by atoms with Gasteiger partial charge in [0.05, 0.1) is 17.7 Å². The summed E-state index contributed by atoms with van der Waals surface area (Å²) in [4.78, 5) is 42.7. The maximum Gasteiger partial charge on any atom is 0.259 e. The Kier molecular flexibility index (Phi) is 5.46. The summed E-state index contributed by atoms with van der Waals surface area (Å²) < 4.78 is 0. The van der Waals surface area contributed by atoms with Gasteiger partial charge in [-0.25, -0.2) is 0 Å². The molecule has 29 heavy (non-hydrogen) atoms. The van der Waals surface area contributed by atoms with Crippen molar-refractivity contribution in [3.05, 3.63) is 65.2 Å². The third-order valence-electron chi connectivity index (χ3n) is 4.82. The van der Waals surface area contributed by atoms with Gasteiger partial charge in [0.15, 0.2) is 0 Å². The predicted molar refractivity (Wildman–Crippen MR) is 113 cm³/mol. The number of likely N-dealkylation sites (N-methyl/N-ethyl adjacent to an activating group) is 1. The van der Waals surface area contributed by atoms with Crippen LogP contribution in [0.4, 0.5) is 5.69 Å². The molecular weight excluding hydrogens is 366 g/mol. The van der Waals surface area contributed by atoms with Crippen LogP contribution in [-0.2, 0) is 4.79 Å². The summed E-state index contributed by atoms with van der Waals surface area (Å²) >= 11 is 0. The summed E-state index contributed by atoms with van der Waals surface area (Å²) in [5.74, 6) is -0.934. The summed E-state index contributed by atoms with van der Waals surface area (Å²) in [6.45, 7) is 7.71. The highest BCUT2D eigenvalue weighted by molar-refractivity contribution is 6.16. The van der Waals surface area contributed by atoms with Gasteiger partial charge in [-0.05, 0) is 52.0 Å². The van der Waals surface area contributed by atoms with Crippen molar-refractivity contribution in [2.24, 2.45) is 0 Å². The van der Waals surface area contributed by atoms with Gasteiger partial charge in [0.25, 0.3) is 11.8 Å². The summed E-state index contributed by atoms with van der Waals surface area (Å²) in [5.41, 5.74) is 1.83. The van der Waals surface area contributed by atoms with Crippen LogP contribution < -0.4 is 10.2 Å². The number of hydrogen-bond acceptors (Lipinski definition) is 3. The van der Waals surface area contributed by atoms with Crippen molar-refractivity contribution in [3.8, 4) is 0 Å². The first kappa shape index (κ1) is 20.6.